The summed E-state index contributed by atoms with van der Waals surface area (Å²) in [4.78, 5) is 14.1. The summed E-state index contributed by atoms with van der Waals surface area (Å²) in [5, 5.41) is 8.58. The number of amides is 1. The van der Waals surface area contributed by atoms with Crippen LogP contribution < -0.4 is 0 Å². The van der Waals surface area contributed by atoms with Crippen molar-refractivity contribution in [1.29, 1.82) is 0 Å². The van der Waals surface area contributed by atoms with Crippen molar-refractivity contribution in [2.75, 3.05) is 12.8 Å². The van der Waals surface area contributed by atoms with Gasteiger partial charge in [0.25, 0.3) is 5.22 Å². The number of thioether (sulfide) groups is 1. The zero-order valence-corrected chi connectivity index (χ0v) is 18.4. The van der Waals surface area contributed by atoms with Crippen LogP contribution in [0, 0.1) is 6.92 Å². The minimum Gasteiger partial charge on any atom is -0.411 e. The third-order valence-electron chi connectivity index (χ3n) is 4.69. The molecule has 0 unspecified atom stereocenters. The van der Waals surface area contributed by atoms with Gasteiger partial charge in [0.15, 0.2) is 0 Å². The highest BCUT2D eigenvalue weighted by molar-refractivity contribution is 7.99. The first-order chi connectivity index (χ1) is 13.7. The summed E-state index contributed by atoms with van der Waals surface area (Å²) in [6.45, 7) is 9.16. The van der Waals surface area contributed by atoms with E-state index in [9.17, 15) is 4.79 Å². The number of rotatable bonds is 6. The molecule has 0 bridgehead atoms. The normalized spacial score (nSPS) is 11.5. The minimum atomic E-state index is 0.0184. The van der Waals surface area contributed by atoms with Crippen molar-refractivity contribution in [3.8, 4) is 11.5 Å². The maximum atomic E-state index is 12.4. The van der Waals surface area contributed by atoms with Crippen molar-refractivity contribution in [3.63, 3.8) is 0 Å². The summed E-state index contributed by atoms with van der Waals surface area (Å²) in [6, 6.07) is 16.3. The predicted molar refractivity (Wildman–Crippen MR) is 117 cm³/mol. The van der Waals surface area contributed by atoms with Crippen LogP contribution in [0.1, 0.15) is 37.5 Å². The van der Waals surface area contributed by atoms with Crippen molar-refractivity contribution < 1.29 is 9.21 Å². The van der Waals surface area contributed by atoms with Gasteiger partial charge >= 0.3 is 0 Å². The molecule has 0 saturated carbocycles. The first-order valence-electron chi connectivity index (χ1n) is 9.59. The Balaban J connectivity index is 1.55. The lowest BCUT2D eigenvalue weighted by atomic mass is 9.87. The summed E-state index contributed by atoms with van der Waals surface area (Å²) < 4.78 is 5.73. The molecule has 0 aliphatic rings. The molecule has 0 fully saturated rings. The second-order valence-electron chi connectivity index (χ2n) is 8.22. The molecule has 29 heavy (non-hydrogen) atoms. The van der Waals surface area contributed by atoms with Crippen LogP contribution in [0.5, 0.6) is 0 Å². The summed E-state index contributed by atoms with van der Waals surface area (Å²) in [5.74, 6) is 0.741. The largest absolute Gasteiger partial charge is 0.411 e. The predicted octanol–water partition coefficient (Wildman–Crippen LogP) is 5.09. The van der Waals surface area contributed by atoms with Crippen LogP contribution in [0.4, 0.5) is 0 Å². The van der Waals surface area contributed by atoms with E-state index in [1.54, 1.807) is 11.9 Å². The molecule has 3 aromatic rings. The number of nitrogens with zero attached hydrogens (tertiary/aromatic N) is 3. The molecule has 0 spiro atoms. The number of carbonyl (C=O) groups is 1. The number of hydrogen-bond acceptors (Lipinski definition) is 5. The van der Waals surface area contributed by atoms with Crippen molar-refractivity contribution in [2.24, 2.45) is 0 Å². The molecule has 5 nitrogen and oxygen atoms in total. The standard InChI is InChI=1S/C23H27N3O2S/c1-16-6-8-17(9-7-16)14-26(5)20(27)15-29-22-25-24-21(28-22)18-10-12-19(13-11-18)23(2,3)4/h6-13H,14-15H2,1-5H3. The van der Waals surface area contributed by atoms with Crippen LogP contribution in [0.15, 0.2) is 58.2 Å². The monoisotopic (exact) mass is 409 g/mol. The van der Waals surface area contributed by atoms with E-state index in [4.69, 9.17) is 4.42 Å². The molecule has 0 atom stereocenters. The molecule has 0 N–H and O–H groups in total. The molecule has 3 rings (SSSR count). The average Bonchev–Trinajstić information content (AvgIpc) is 3.16. The van der Waals surface area contributed by atoms with Crippen molar-refractivity contribution >= 4 is 17.7 Å². The van der Waals surface area contributed by atoms with Crippen LogP contribution in [0.2, 0.25) is 0 Å². The summed E-state index contributed by atoms with van der Waals surface area (Å²) in [6.07, 6.45) is 0. The Morgan fingerprint density at radius 3 is 2.31 bits per heavy atom. The van der Waals surface area contributed by atoms with Gasteiger partial charge in [-0.15, -0.1) is 10.2 Å². The SMILES string of the molecule is Cc1ccc(CN(C)C(=O)CSc2nnc(-c3ccc(C(C)(C)C)cc3)o2)cc1. The van der Waals surface area contributed by atoms with E-state index >= 15 is 0 Å². The van der Waals surface area contributed by atoms with E-state index in [1.165, 1.54) is 22.9 Å². The van der Waals surface area contributed by atoms with Gasteiger partial charge < -0.3 is 9.32 Å². The quantitative estimate of drug-likeness (QED) is 0.531. The fourth-order valence-corrected chi connectivity index (χ4v) is 3.49. The minimum absolute atomic E-state index is 0.0184. The van der Waals surface area contributed by atoms with Gasteiger partial charge in [-0.2, -0.15) is 0 Å². The van der Waals surface area contributed by atoms with Gasteiger partial charge in [-0.3, -0.25) is 4.79 Å². The Hall–Kier alpha value is -2.60. The first-order valence-corrected chi connectivity index (χ1v) is 10.6. The second-order valence-corrected chi connectivity index (χ2v) is 9.15. The lowest BCUT2D eigenvalue weighted by molar-refractivity contribution is -0.127. The molecular formula is C23H27N3O2S. The maximum absolute atomic E-state index is 12.4. The van der Waals surface area contributed by atoms with E-state index in [0.29, 0.717) is 17.7 Å². The van der Waals surface area contributed by atoms with E-state index in [2.05, 4.69) is 55.2 Å². The molecule has 1 heterocycles. The summed E-state index contributed by atoms with van der Waals surface area (Å²) in [7, 11) is 1.80. The number of aryl methyl sites for hydroxylation is 1. The number of carbonyl (C=O) groups excluding carboxylic acids is 1. The Kier molecular flexibility index (Phi) is 6.42. The van der Waals surface area contributed by atoms with E-state index < -0.39 is 0 Å². The second kappa shape index (κ2) is 8.82. The highest BCUT2D eigenvalue weighted by Crippen LogP contribution is 2.27. The van der Waals surface area contributed by atoms with Gasteiger partial charge in [-0.25, -0.2) is 0 Å². The molecule has 0 radical (unpaired) electrons. The Bertz CT molecular complexity index is 957. The van der Waals surface area contributed by atoms with Crippen LogP contribution in [-0.4, -0.2) is 33.8 Å². The van der Waals surface area contributed by atoms with Gasteiger partial charge in [-0.1, -0.05) is 74.5 Å². The Morgan fingerprint density at radius 1 is 1.03 bits per heavy atom. The number of benzene rings is 2. The smallest absolute Gasteiger partial charge is 0.277 e. The van der Waals surface area contributed by atoms with Crippen molar-refractivity contribution in [2.45, 2.75) is 44.9 Å². The van der Waals surface area contributed by atoms with Crippen LogP contribution in [0.3, 0.4) is 0 Å². The molecular weight excluding hydrogens is 382 g/mol. The van der Waals surface area contributed by atoms with Crippen LogP contribution in [0.25, 0.3) is 11.5 Å². The Labute approximate surface area is 176 Å². The van der Waals surface area contributed by atoms with E-state index in [1.807, 2.05) is 31.2 Å². The maximum Gasteiger partial charge on any atom is 0.277 e. The van der Waals surface area contributed by atoms with Gasteiger partial charge in [0.05, 0.1) is 5.75 Å². The zero-order valence-electron chi connectivity index (χ0n) is 17.6. The zero-order chi connectivity index (χ0) is 21.0. The van der Waals surface area contributed by atoms with Crippen LogP contribution >= 0.6 is 11.8 Å². The molecule has 6 heteroatoms. The topological polar surface area (TPSA) is 59.2 Å². The number of aromatic nitrogens is 2. The van der Waals surface area contributed by atoms with Gasteiger partial charge in [-0.05, 0) is 35.6 Å². The fourth-order valence-electron chi connectivity index (χ4n) is 2.79. The lowest BCUT2D eigenvalue weighted by Crippen LogP contribution is -2.27. The van der Waals surface area contributed by atoms with Gasteiger partial charge in [0.1, 0.15) is 0 Å². The molecule has 1 amide bonds. The Morgan fingerprint density at radius 2 is 1.69 bits per heavy atom. The third kappa shape index (κ3) is 5.70. The third-order valence-corrected chi connectivity index (χ3v) is 5.49. The molecule has 1 aromatic heterocycles. The molecule has 2 aromatic carbocycles. The lowest BCUT2D eigenvalue weighted by Gasteiger charge is -2.18. The molecule has 0 aliphatic heterocycles. The fraction of sp³-hybridized carbons (Fsp3) is 0.348. The highest BCUT2D eigenvalue weighted by Gasteiger charge is 2.16. The summed E-state index contributed by atoms with van der Waals surface area (Å²) in [5.41, 5.74) is 4.53. The number of hydrogen-bond donors (Lipinski definition) is 0. The first kappa shape index (κ1) is 21.1. The molecule has 0 aliphatic carbocycles. The highest BCUT2D eigenvalue weighted by atomic mass is 32.2. The molecule has 152 valence electrons. The van der Waals surface area contributed by atoms with Gasteiger partial charge in [0.2, 0.25) is 11.8 Å². The van der Waals surface area contributed by atoms with Crippen molar-refractivity contribution in [1.82, 2.24) is 15.1 Å². The van der Waals surface area contributed by atoms with Crippen LogP contribution in [-0.2, 0) is 16.8 Å². The van der Waals surface area contributed by atoms with Gasteiger partial charge in [0, 0.05) is 19.2 Å². The average molecular weight is 410 g/mol. The van der Waals surface area contributed by atoms with E-state index in [-0.39, 0.29) is 17.1 Å². The van der Waals surface area contributed by atoms with Crippen molar-refractivity contribution in [3.05, 3.63) is 65.2 Å². The molecule has 0 saturated heterocycles. The summed E-state index contributed by atoms with van der Waals surface area (Å²) >= 11 is 1.26. The van der Waals surface area contributed by atoms with E-state index in [0.717, 1.165) is 11.1 Å².